The van der Waals surface area contributed by atoms with Crippen LogP contribution in [0.2, 0.25) is 0 Å². The van der Waals surface area contributed by atoms with Crippen LogP contribution in [0.15, 0.2) is 0 Å². The number of hydrogen-bond acceptors (Lipinski definition) is 3. The first-order valence-electron chi connectivity index (χ1n) is 4.95. The van der Waals surface area contributed by atoms with Crippen molar-refractivity contribution in [1.82, 2.24) is 4.90 Å². The van der Waals surface area contributed by atoms with Gasteiger partial charge >= 0.3 is 6.18 Å². The fourth-order valence-corrected chi connectivity index (χ4v) is 1.80. The van der Waals surface area contributed by atoms with Crippen molar-refractivity contribution in [2.45, 2.75) is 25.6 Å². The predicted octanol–water partition coefficient (Wildman–Crippen LogP) is 0.107. The molecule has 1 aliphatic heterocycles. The van der Waals surface area contributed by atoms with Crippen LogP contribution in [0.1, 0.15) is 13.3 Å². The van der Waals surface area contributed by atoms with E-state index in [9.17, 15) is 18.0 Å². The summed E-state index contributed by atoms with van der Waals surface area (Å²) in [5, 5.41) is 8.90. The number of alkyl halides is 3. The van der Waals surface area contributed by atoms with Crippen LogP contribution in [-0.4, -0.2) is 47.8 Å². The molecule has 0 saturated carbocycles. The van der Waals surface area contributed by atoms with Gasteiger partial charge in [-0.15, -0.1) is 0 Å². The van der Waals surface area contributed by atoms with E-state index in [4.69, 9.17) is 10.8 Å². The van der Waals surface area contributed by atoms with Crippen molar-refractivity contribution in [2.75, 3.05) is 19.7 Å². The second-order valence-corrected chi connectivity index (χ2v) is 4.23. The van der Waals surface area contributed by atoms with E-state index in [1.54, 1.807) is 0 Å². The quantitative estimate of drug-likeness (QED) is 0.719. The Bertz CT molecular complexity index is 280. The Morgan fingerprint density at radius 3 is 2.50 bits per heavy atom. The van der Waals surface area contributed by atoms with Gasteiger partial charge in [0.2, 0.25) is 5.91 Å². The molecule has 0 aromatic rings. The van der Waals surface area contributed by atoms with Gasteiger partial charge in [-0.25, -0.2) is 0 Å². The smallest absolute Gasteiger partial charge is 0.395 e. The number of carbonyl (C=O) groups excluding carboxylic acids is 1. The molecular weight excluding hydrogens is 225 g/mol. The number of aliphatic hydroxyl groups excluding tert-OH is 1. The highest BCUT2D eigenvalue weighted by Gasteiger charge is 2.58. The molecule has 0 aliphatic carbocycles. The van der Waals surface area contributed by atoms with Crippen LogP contribution >= 0.6 is 0 Å². The highest BCUT2D eigenvalue weighted by molar-refractivity contribution is 5.81. The zero-order valence-corrected chi connectivity index (χ0v) is 8.92. The lowest BCUT2D eigenvalue weighted by atomic mass is 9.87. The van der Waals surface area contributed by atoms with Gasteiger partial charge in [0.05, 0.1) is 12.6 Å². The minimum Gasteiger partial charge on any atom is -0.395 e. The molecule has 0 bridgehead atoms. The number of aliphatic hydroxyl groups is 1. The fraction of sp³-hybridized carbons (Fsp3) is 0.889. The van der Waals surface area contributed by atoms with Gasteiger partial charge in [-0.1, -0.05) is 0 Å². The highest BCUT2D eigenvalue weighted by atomic mass is 19.4. The summed E-state index contributed by atoms with van der Waals surface area (Å²) in [7, 11) is 0. The van der Waals surface area contributed by atoms with Gasteiger partial charge in [0.15, 0.2) is 0 Å². The van der Waals surface area contributed by atoms with Gasteiger partial charge in [-0.05, 0) is 13.3 Å². The lowest BCUT2D eigenvalue weighted by molar-refractivity contribution is -0.230. The monoisotopic (exact) mass is 240 g/mol. The Balaban J connectivity index is 2.80. The SMILES string of the molecule is CC(N)C(=O)N1CCC(CO)(C(F)(F)F)C1. The molecule has 2 unspecified atom stereocenters. The van der Waals surface area contributed by atoms with E-state index in [0.717, 1.165) is 4.90 Å². The summed E-state index contributed by atoms with van der Waals surface area (Å²) in [6, 6.07) is -0.817. The molecule has 1 fully saturated rings. The van der Waals surface area contributed by atoms with E-state index in [1.165, 1.54) is 6.92 Å². The summed E-state index contributed by atoms with van der Waals surface area (Å²) in [5.74, 6) is -0.514. The number of rotatable bonds is 2. The molecule has 0 radical (unpaired) electrons. The molecule has 1 rings (SSSR count). The maximum atomic E-state index is 12.7. The summed E-state index contributed by atoms with van der Waals surface area (Å²) in [6.45, 7) is -0.0953. The predicted molar refractivity (Wildman–Crippen MR) is 50.4 cm³/mol. The minimum atomic E-state index is -4.51. The molecule has 0 aromatic carbocycles. The molecule has 7 heteroatoms. The molecule has 0 spiro atoms. The minimum absolute atomic E-state index is 0.0134. The van der Waals surface area contributed by atoms with Crippen molar-refractivity contribution in [3.8, 4) is 0 Å². The highest BCUT2D eigenvalue weighted by Crippen LogP contribution is 2.45. The maximum absolute atomic E-state index is 12.7. The van der Waals surface area contributed by atoms with Crippen molar-refractivity contribution >= 4 is 5.91 Å². The molecule has 1 heterocycles. The van der Waals surface area contributed by atoms with Crippen LogP contribution in [0.25, 0.3) is 0 Å². The van der Waals surface area contributed by atoms with E-state index >= 15 is 0 Å². The van der Waals surface area contributed by atoms with E-state index in [-0.39, 0.29) is 13.0 Å². The first-order valence-corrected chi connectivity index (χ1v) is 4.95. The Labute approximate surface area is 91.2 Å². The van der Waals surface area contributed by atoms with Crippen molar-refractivity contribution < 1.29 is 23.1 Å². The first-order chi connectivity index (χ1) is 7.23. The molecule has 4 nitrogen and oxygen atoms in total. The zero-order valence-electron chi connectivity index (χ0n) is 8.92. The van der Waals surface area contributed by atoms with E-state index < -0.39 is 36.7 Å². The average Bonchev–Trinajstić information content (AvgIpc) is 2.60. The lowest BCUT2D eigenvalue weighted by Gasteiger charge is -2.29. The van der Waals surface area contributed by atoms with Gasteiger partial charge < -0.3 is 15.7 Å². The summed E-state index contributed by atoms with van der Waals surface area (Å²) >= 11 is 0. The number of hydrogen-bond donors (Lipinski definition) is 2. The van der Waals surface area contributed by atoms with Crippen molar-refractivity contribution in [1.29, 1.82) is 0 Å². The van der Waals surface area contributed by atoms with Crippen molar-refractivity contribution in [3.63, 3.8) is 0 Å². The lowest BCUT2D eigenvalue weighted by Crippen LogP contribution is -2.47. The Morgan fingerprint density at radius 1 is 1.62 bits per heavy atom. The number of nitrogens with zero attached hydrogens (tertiary/aromatic N) is 1. The van der Waals surface area contributed by atoms with E-state index in [0.29, 0.717) is 0 Å². The van der Waals surface area contributed by atoms with Gasteiger partial charge in [0.25, 0.3) is 0 Å². The molecule has 16 heavy (non-hydrogen) atoms. The van der Waals surface area contributed by atoms with E-state index in [2.05, 4.69) is 0 Å². The van der Waals surface area contributed by atoms with E-state index in [1.807, 2.05) is 0 Å². The first kappa shape index (κ1) is 13.2. The standard InChI is InChI=1S/C9H15F3N2O2/c1-6(13)7(16)14-3-2-8(4-14,5-15)9(10,11)12/h6,15H,2-5,13H2,1H3. The van der Waals surface area contributed by atoms with Crippen LogP contribution in [0.4, 0.5) is 13.2 Å². The molecule has 1 saturated heterocycles. The third-order valence-electron chi connectivity index (χ3n) is 2.96. The van der Waals surface area contributed by atoms with Crippen LogP contribution in [-0.2, 0) is 4.79 Å². The fourth-order valence-electron chi connectivity index (χ4n) is 1.80. The summed E-state index contributed by atoms with van der Waals surface area (Å²) in [5.41, 5.74) is 3.14. The summed E-state index contributed by atoms with van der Waals surface area (Å²) < 4.78 is 38.2. The van der Waals surface area contributed by atoms with Crippen LogP contribution < -0.4 is 5.73 Å². The Hall–Kier alpha value is -0.820. The van der Waals surface area contributed by atoms with Gasteiger partial charge in [0.1, 0.15) is 5.41 Å². The molecule has 94 valence electrons. The van der Waals surface area contributed by atoms with Crippen molar-refractivity contribution in [2.24, 2.45) is 11.1 Å². The molecule has 1 aliphatic rings. The normalized spacial score (nSPS) is 28.2. The molecule has 2 atom stereocenters. The molecule has 0 aromatic heterocycles. The molecule has 1 amide bonds. The zero-order chi connectivity index (χ0) is 12.6. The van der Waals surface area contributed by atoms with Gasteiger partial charge in [0, 0.05) is 13.1 Å². The van der Waals surface area contributed by atoms with Crippen LogP contribution in [0.3, 0.4) is 0 Å². The molecule has 3 N–H and O–H groups in total. The Kier molecular flexibility index (Phi) is 3.49. The number of carbonyl (C=O) groups is 1. The number of halogens is 3. The topological polar surface area (TPSA) is 66.6 Å². The second kappa shape index (κ2) is 4.21. The van der Waals surface area contributed by atoms with Gasteiger partial charge in [-0.2, -0.15) is 13.2 Å². The summed E-state index contributed by atoms with van der Waals surface area (Å²) in [4.78, 5) is 12.5. The third kappa shape index (κ3) is 2.15. The van der Waals surface area contributed by atoms with Crippen molar-refractivity contribution in [3.05, 3.63) is 0 Å². The maximum Gasteiger partial charge on any atom is 0.398 e. The Morgan fingerprint density at radius 2 is 2.19 bits per heavy atom. The second-order valence-electron chi connectivity index (χ2n) is 4.23. The number of amides is 1. The van der Waals surface area contributed by atoms with Crippen LogP contribution in [0.5, 0.6) is 0 Å². The van der Waals surface area contributed by atoms with Crippen LogP contribution in [0, 0.1) is 5.41 Å². The third-order valence-corrected chi connectivity index (χ3v) is 2.96. The molecular formula is C9H15F3N2O2. The van der Waals surface area contributed by atoms with Gasteiger partial charge in [-0.3, -0.25) is 4.79 Å². The summed E-state index contributed by atoms with van der Waals surface area (Å²) in [6.07, 6.45) is -4.78. The number of nitrogens with two attached hydrogens (primary N) is 1. The largest absolute Gasteiger partial charge is 0.398 e. The average molecular weight is 240 g/mol. The number of likely N-dealkylation sites (tertiary alicyclic amines) is 1.